The number of rotatable bonds is 9. The number of anilines is 1. The summed E-state index contributed by atoms with van der Waals surface area (Å²) in [5.74, 6) is 0.792. The Hall–Kier alpha value is -3.43. The SMILES string of the molecule is C=C(c1ccccc1)S(=O)(=O)Nc1ncnc(OCCO)c1-c1ccc(OC)cc1. The van der Waals surface area contributed by atoms with Crippen molar-refractivity contribution in [2.75, 3.05) is 25.0 Å². The molecular formula is C21H21N3O5S. The Morgan fingerprint density at radius 1 is 1.10 bits per heavy atom. The van der Waals surface area contributed by atoms with Crippen molar-refractivity contribution < 1.29 is 23.0 Å². The van der Waals surface area contributed by atoms with Crippen LogP contribution in [-0.4, -0.2) is 43.8 Å². The third kappa shape index (κ3) is 4.76. The fourth-order valence-corrected chi connectivity index (χ4v) is 3.66. The van der Waals surface area contributed by atoms with Crippen LogP contribution in [0.25, 0.3) is 16.0 Å². The number of aliphatic hydroxyl groups is 1. The van der Waals surface area contributed by atoms with Crippen LogP contribution in [0.1, 0.15) is 5.56 Å². The quantitative estimate of drug-likeness (QED) is 0.540. The van der Waals surface area contributed by atoms with Crippen LogP contribution in [0.3, 0.4) is 0 Å². The van der Waals surface area contributed by atoms with Crippen LogP contribution in [0.2, 0.25) is 0 Å². The molecule has 2 N–H and O–H groups in total. The Kier molecular flexibility index (Phi) is 6.65. The molecule has 2 aromatic carbocycles. The van der Waals surface area contributed by atoms with Crippen molar-refractivity contribution in [1.82, 2.24) is 9.97 Å². The van der Waals surface area contributed by atoms with Gasteiger partial charge in [0.1, 0.15) is 18.7 Å². The van der Waals surface area contributed by atoms with Crippen molar-refractivity contribution in [1.29, 1.82) is 0 Å². The molecule has 0 saturated heterocycles. The molecule has 1 aromatic heterocycles. The van der Waals surface area contributed by atoms with Gasteiger partial charge in [0.15, 0.2) is 5.82 Å². The number of nitrogens with one attached hydrogen (secondary N) is 1. The molecule has 0 saturated carbocycles. The number of sulfonamides is 1. The number of hydrogen-bond acceptors (Lipinski definition) is 7. The molecule has 0 bridgehead atoms. The molecule has 30 heavy (non-hydrogen) atoms. The van der Waals surface area contributed by atoms with E-state index in [9.17, 15) is 8.42 Å². The van der Waals surface area contributed by atoms with Crippen molar-refractivity contribution in [3.8, 4) is 22.8 Å². The molecular weight excluding hydrogens is 406 g/mol. The molecule has 0 radical (unpaired) electrons. The highest BCUT2D eigenvalue weighted by molar-refractivity contribution is 8.01. The first-order chi connectivity index (χ1) is 14.5. The second-order valence-electron chi connectivity index (χ2n) is 6.10. The number of hydrogen-bond donors (Lipinski definition) is 2. The zero-order chi connectivity index (χ0) is 21.6. The first kappa shape index (κ1) is 21.3. The van der Waals surface area contributed by atoms with E-state index in [0.717, 1.165) is 0 Å². The normalized spacial score (nSPS) is 11.0. The first-order valence-electron chi connectivity index (χ1n) is 8.96. The molecule has 3 rings (SSSR count). The van der Waals surface area contributed by atoms with Crippen molar-refractivity contribution in [3.05, 3.63) is 73.1 Å². The maximum Gasteiger partial charge on any atom is 0.263 e. The van der Waals surface area contributed by atoms with E-state index in [1.165, 1.54) is 6.33 Å². The summed E-state index contributed by atoms with van der Waals surface area (Å²) >= 11 is 0. The summed E-state index contributed by atoms with van der Waals surface area (Å²) in [5, 5.41) is 9.10. The van der Waals surface area contributed by atoms with E-state index in [1.54, 1.807) is 61.7 Å². The van der Waals surface area contributed by atoms with Crippen molar-refractivity contribution in [3.63, 3.8) is 0 Å². The zero-order valence-electron chi connectivity index (χ0n) is 16.3. The maximum atomic E-state index is 12.9. The summed E-state index contributed by atoms with van der Waals surface area (Å²) in [5.41, 5.74) is 1.40. The summed E-state index contributed by atoms with van der Waals surface area (Å²) in [6.45, 7) is 3.48. The van der Waals surface area contributed by atoms with Crippen molar-refractivity contribution in [2.24, 2.45) is 0 Å². The number of benzene rings is 2. The number of aromatic nitrogens is 2. The smallest absolute Gasteiger partial charge is 0.263 e. The molecule has 0 aliphatic rings. The lowest BCUT2D eigenvalue weighted by atomic mass is 10.1. The summed E-state index contributed by atoms with van der Waals surface area (Å²) in [7, 11) is -2.46. The molecule has 0 fully saturated rings. The van der Waals surface area contributed by atoms with Crippen LogP contribution >= 0.6 is 0 Å². The monoisotopic (exact) mass is 427 g/mol. The zero-order valence-corrected chi connectivity index (χ0v) is 17.1. The number of nitrogens with zero attached hydrogens (tertiary/aromatic N) is 2. The average Bonchev–Trinajstić information content (AvgIpc) is 2.77. The van der Waals surface area contributed by atoms with Gasteiger partial charge in [0, 0.05) is 0 Å². The average molecular weight is 427 g/mol. The predicted molar refractivity (Wildman–Crippen MR) is 115 cm³/mol. The Balaban J connectivity index is 2.04. The van der Waals surface area contributed by atoms with Gasteiger partial charge in [-0.3, -0.25) is 4.72 Å². The van der Waals surface area contributed by atoms with Gasteiger partial charge in [-0.2, -0.15) is 0 Å². The molecule has 0 unspecified atom stereocenters. The van der Waals surface area contributed by atoms with Crippen LogP contribution in [0.5, 0.6) is 11.6 Å². The van der Waals surface area contributed by atoms with Gasteiger partial charge < -0.3 is 14.6 Å². The molecule has 0 aliphatic carbocycles. The van der Waals surface area contributed by atoms with E-state index in [-0.39, 0.29) is 29.8 Å². The lowest BCUT2D eigenvalue weighted by molar-refractivity contribution is 0.197. The van der Waals surface area contributed by atoms with E-state index < -0.39 is 10.0 Å². The Morgan fingerprint density at radius 3 is 2.43 bits per heavy atom. The minimum atomic E-state index is -4.01. The number of ether oxygens (including phenoxy) is 2. The highest BCUT2D eigenvalue weighted by atomic mass is 32.2. The molecule has 0 atom stereocenters. The minimum Gasteiger partial charge on any atom is -0.497 e. The predicted octanol–water partition coefficient (Wildman–Crippen LogP) is 2.94. The summed E-state index contributed by atoms with van der Waals surface area (Å²) in [4.78, 5) is 8.11. The summed E-state index contributed by atoms with van der Waals surface area (Å²) < 4.78 is 39.0. The van der Waals surface area contributed by atoms with E-state index in [2.05, 4.69) is 21.3 Å². The number of methoxy groups -OCH3 is 1. The van der Waals surface area contributed by atoms with Crippen LogP contribution in [-0.2, 0) is 10.0 Å². The van der Waals surface area contributed by atoms with Gasteiger partial charge in [-0.15, -0.1) is 0 Å². The van der Waals surface area contributed by atoms with Gasteiger partial charge in [-0.05, 0) is 23.3 Å². The van der Waals surface area contributed by atoms with E-state index >= 15 is 0 Å². The third-order valence-corrected chi connectivity index (χ3v) is 5.52. The Morgan fingerprint density at radius 2 is 1.80 bits per heavy atom. The van der Waals surface area contributed by atoms with Gasteiger partial charge >= 0.3 is 0 Å². The second-order valence-corrected chi connectivity index (χ2v) is 7.80. The molecule has 3 aromatic rings. The fourth-order valence-electron chi connectivity index (χ4n) is 2.68. The lowest BCUT2D eigenvalue weighted by Gasteiger charge is -2.16. The van der Waals surface area contributed by atoms with Gasteiger partial charge in [-0.1, -0.05) is 49.0 Å². The van der Waals surface area contributed by atoms with Crippen molar-refractivity contribution >= 4 is 20.7 Å². The fraction of sp³-hybridized carbons (Fsp3) is 0.143. The number of aliphatic hydroxyl groups excluding tert-OH is 1. The summed E-state index contributed by atoms with van der Waals surface area (Å²) in [6, 6.07) is 15.4. The van der Waals surface area contributed by atoms with Gasteiger partial charge in [0.2, 0.25) is 5.88 Å². The molecule has 1 heterocycles. The summed E-state index contributed by atoms with van der Waals surface area (Å²) in [6.07, 6.45) is 1.18. The highest BCUT2D eigenvalue weighted by Gasteiger charge is 2.23. The molecule has 0 aliphatic heterocycles. The molecule has 9 heteroatoms. The van der Waals surface area contributed by atoms with Gasteiger partial charge in [0.05, 0.1) is 24.2 Å². The first-order valence-corrected chi connectivity index (χ1v) is 10.4. The molecule has 8 nitrogen and oxygen atoms in total. The van der Waals surface area contributed by atoms with Crippen LogP contribution in [0, 0.1) is 0 Å². The van der Waals surface area contributed by atoms with Gasteiger partial charge in [0.25, 0.3) is 10.0 Å². The largest absolute Gasteiger partial charge is 0.497 e. The maximum absolute atomic E-state index is 12.9. The molecule has 156 valence electrons. The van der Waals surface area contributed by atoms with E-state index in [1.807, 2.05) is 0 Å². The van der Waals surface area contributed by atoms with Crippen LogP contribution < -0.4 is 14.2 Å². The van der Waals surface area contributed by atoms with Crippen molar-refractivity contribution in [2.45, 2.75) is 0 Å². The van der Waals surface area contributed by atoms with Gasteiger partial charge in [-0.25, -0.2) is 18.4 Å². The minimum absolute atomic E-state index is 0.0108. The topological polar surface area (TPSA) is 111 Å². The van der Waals surface area contributed by atoms with Crippen LogP contribution in [0.15, 0.2) is 67.5 Å². The highest BCUT2D eigenvalue weighted by Crippen LogP contribution is 2.36. The van der Waals surface area contributed by atoms with Crippen LogP contribution in [0.4, 0.5) is 5.82 Å². The Labute approximate surface area is 174 Å². The third-order valence-electron chi connectivity index (χ3n) is 4.17. The Bertz CT molecular complexity index is 1120. The molecule has 0 spiro atoms. The lowest BCUT2D eigenvalue weighted by Crippen LogP contribution is -2.16. The van der Waals surface area contributed by atoms with E-state index in [4.69, 9.17) is 14.6 Å². The molecule has 0 amide bonds. The standard InChI is InChI=1S/C21H21N3O5S/c1-15(16-6-4-3-5-7-16)30(26,27)24-20-19(17-8-10-18(28-2)11-9-17)21(23-14-22-20)29-13-12-25/h3-11,14,25H,1,12-13H2,2H3,(H,22,23,24). The van der Waals surface area contributed by atoms with E-state index in [0.29, 0.717) is 22.4 Å². The second kappa shape index (κ2) is 9.38.